The average Bonchev–Trinajstić information content (AvgIpc) is 2.56. The fourth-order valence-electron chi connectivity index (χ4n) is 2.74. The molecule has 0 bridgehead atoms. The van der Waals surface area contributed by atoms with Gasteiger partial charge in [0.15, 0.2) is 9.84 Å². The maximum Gasteiger partial charge on any atom is 0.497 e. The van der Waals surface area contributed by atoms with Gasteiger partial charge in [0.1, 0.15) is 5.82 Å². The lowest BCUT2D eigenvalue weighted by Crippen LogP contribution is -2.45. The molecule has 1 aromatic carbocycles. The molecule has 26 heavy (non-hydrogen) atoms. The lowest BCUT2D eigenvalue weighted by Gasteiger charge is -2.29. The molecule has 5 nitrogen and oxygen atoms in total. The van der Waals surface area contributed by atoms with E-state index >= 15 is 0 Å². The Morgan fingerprint density at radius 1 is 1.23 bits per heavy atom. The van der Waals surface area contributed by atoms with Gasteiger partial charge in [-0.2, -0.15) is 0 Å². The normalized spacial score (nSPS) is 18.0. The Kier molecular flexibility index (Phi) is 7.24. The highest BCUT2D eigenvalue weighted by Crippen LogP contribution is 2.17. The van der Waals surface area contributed by atoms with Gasteiger partial charge in [-0.05, 0) is 38.8 Å². The molecular weight excluding hydrogens is 356 g/mol. The van der Waals surface area contributed by atoms with Crippen LogP contribution in [-0.4, -0.2) is 57.2 Å². The van der Waals surface area contributed by atoms with Crippen LogP contribution in [0, 0.1) is 5.82 Å². The monoisotopic (exact) mass is 385 g/mol. The summed E-state index contributed by atoms with van der Waals surface area (Å²) in [7, 11) is -3.66. The number of benzene rings is 1. The molecule has 0 unspecified atom stereocenters. The molecule has 0 aliphatic carbocycles. The maximum absolute atomic E-state index is 14.7. The van der Waals surface area contributed by atoms with Crippen molar-refractivity contribution in [3.05, 3.63) is 29.6 Å². The van der Waals surface area contributed by atoms with Crippen LogP contribution in [0.15, 0.2) is 18.2 Å². The van der Waals surface area contributed by atoms with Crippen molar-refractivity contribution in [1.29, 1.82) is 0 Å². The fourth-order valence-corrected chi connectivity index (χ4v) is 4.02. The molecule has 146 valence electrons. The highest BCUT2D eigenvalue weighted by molar-refractivity contribution is 7.91. The highest BCUT2D eigenvalue weighted by Gasteiger charge is 2.31. The highest BCUT2D eigenvalue weighted by atomic mass is 32.2. The second kappa shape index (κ2) is 8.82. The lowest BCUT2D eigenvalue weighted by atomic mass is 9.76. The molecule has 0 saturated carbocycles. The lowest BCUT2D eigenvalue weighted by molar-refractivity contribution is 0.0703. The standard InChI is InChI=1S/C18H29BFNO4S/c1-5-18(3,4)25-19(24-6-2)16-8-7-15(13-17(16)20)14-21-9-11-26(22,23)12-10-21/h7-8,13H,5-6,9-12,14H2,1-4H3. The second-order valence-corrected chi connectivity index (χ2v) is 9.61. The molecule has 0 aromatic heterocycles. The Morgan fingerprint density at radius 3 is 2.42 bits per heavy atom. The number of rotatable bonds is 8. The third kappa shape index (κ3) is 6.04. The van der Waals surface area contributed by atoms with E-state index in [0.717, 1.165) is 12.0 Å². The molecular formula is C18H29BFNO4S. The first kappa shape index (κ1) is 21.3. The summed E-state index contributed by atoms with van der Waals surface area (Å²) in [6, 6.07) is 5.06. The third-order valence-corrected chi connectivity index (χ3v) is 6.37. The predicted octanol–water partition coefficient (Wildman–Crippen LogP) is 1.99. The van der Waals surface area contributed by atoms with Gasteiger partial charge < -0.3 is 9.31 Å². The van der Waals surface area contributed by atoms with Crippen molar-refractivity contribution < 1.29 is 22.1 Å². The summed E-state index contributed by atoms with van der Waals surface area (Å²) in [5, 5.41) is 0. The van der Waals surface area contributed by atoms with Gasteiger partial charge in [0.2, 0.25) is 0 Å². The molecule has 0 amide bonds. The third-order valence-electron chi connectivity index (χ3n) is 4.76. The summed E-state index contributed by atoms with van der Waals surface area (Å²) in [5.41, 5.74) is 0.790. The van der Waals surface area contributed by atoms with E-state index in [1.165, 1.54) is 6.07 Å². The predicted molar refractivity (Wildman–Crippen MR) is 103 cm³/mol. The zero-order valence-electron chi connectivity index (χ0n) is 16.1. The summed E-state index contributed by atoms with van der Waals surface area (Å²) in [6.07, 6.45) is 0.786. The minimum Gasteiger partial charge on any atom is -0.408 e. The number of sulfone groups is 1. The van der Waals surface area contributed by atoms with Crippen LogP contribution in [0.4, 0.5) is 4.39 Å². The van der Waals surface area contributed by atoms with Crippen molar-refractivity contribution >= 4 is 22.4 Å². The van der Waals surface area contributed by atoms with E-state index in [-0.39, 0.29) is 17.3 Å². The summed E-state index contributed by atoms with van der Waals surface area (Å²) < 4.78 is 49.3. The van der Waals surface area contributed by atoms with Crippen LogP contribution in [0.3, 0.4) is 0 Å². The zero-order valence-corrected chi connectivity index (χ0v) is 16.9. The first-order valence-electron chi connectivity index (χ1n) is 9.16. The van der Waals surface area contributed by atoms with E-state index in [0.29, 0.717) is 31.7 Å². The van der Waals surface area contributed by atoms with Crippen LogP contribution in [-0.2, 0) is 25.7 Å². The Balaban J connectivity index is 2.09. The fraction of sp³-hybridized carbons (Fsp3) is 0.667. The summed E-state index contributed by atoms with van der Waals surface area (Å²) in [4.78, 5) is 2.03. The first-order valence-corrected chi connectivity index (χ1v) is 11.0. The molecule has 1 aliphatic rings. The molecule has 0 radical (unpaired) electrons. The van der Waals surface area contributed by atoms with Crippen molar-refractivity contribution in [3.63, 3.8) is 0 Å². The minimum absolute atomic E-state index is 0.167. The topological polar surface area (TPSA) is 55.8 Å². The van der Waals surface area contributed by atoms with Crippen LogP contribution < -0.4 is 5.46 Å². The molecule has 1 aliphatic heterocycles. The minimum atomic E-state index is -2.91. The van der Waals surface area contributed by atoms with Gasteiger partial charge >= 0.3 is 7.12 Å². The molecule has 1 aromatic rings. The van der Waals surface area contributed by atoms with Gasteiger partial charge in [-0.1, -0.05) is 19.1 Å². The van der Waals surface area contributed by atoms with E-state index in [1.807, 2.05) is 38.7 Å². The smallest absolute Gasteiger partial charge is 0.408 e. The van der Waals surface area contributed by atoms with Crippen molar-refractivity contribution in [2.45, 2.75) is 46.3 Å². The number of halogens is 1. The molecule has 0 N–H and O–H groups in total. The van der Waals surface area contributed by atoms with E-state index < -0.39 is 22.6 Å². The summed E-state index contributed by atoms with van der Waals surface area (Å²) >= 11 is 0. The van der Waals surface area contributed by atoms with E-state index in [1.54, 1.807) is 6.07 Å². The van der Waals surface area contributed by atoms with E-state index in [2.05, 4.69) is 0 Å². The summed E-state index contributed by atoms with van der Waals surface area (Å²) in [6.45, 7) is 9.71. The molecule has 8 heteroatoms. The first-order chi connectivity index (χ1) is 12.2. The molecule has 0 spiro atoms. The largest absolute Gasteiger partial charge is 0.497 e. The Labute approximate surface area is 156 Å². The van der Waals surface area contributed by atoms with Gasteiger partial charge in [-0.3, -0.25) is 4.90 Å². The molecule has 0 atom stereocenters. The Bertz CT molecular complexity index is 697. The second-order valence-electron chi connectivity index (χ2n) is 7.30. The van der Waals surface area contributed by atoms with Crippen molar-refractivity contribution in [2.75, 3.05) is 31.2 Å². The number of hydrogen-bond donors (Lipinski definition) is 0. The van der Waals surface area contributed by atoms with Gasteiger partial charge in [-0.25, -0.2) is 12.8 Å². The van der Waals surface area contributed by atoms with Crippen molar-refractivity contribution in [1.82, 2.24) is 4.90 Å². The number of hydrogen-bond acceptors (Lipinski definition) is 5. The SMILES string of the molecule is CCOB(OC(C)(C)CC)c1ccc(CN2CCS(=O)(=O)CC2)cc1F. The van der Waals surface area contributed by atoms with E-state index in [9.17, 15) is 12.8 Å². The van der Waals surface area contributed by atoms with Gasteiger partial charge in [0.05, 0.1) is 11.5 Å². The summed E-state index contributed by atoms with van der Waals surface area (Å²) in [5.74, 6) is -0.0303. The van der Waals surface area contributed by atoms with Crippen molar-refractivity contribution in [3.8, 4) is 0 Å². The average molecular weight is 385 g/mol. The quantitative estimate of drug-likeness (QED) is 0.641. The Morgan fingerprint density at radius 2 is 1.88 bits per heavy atom. The van der Waals surface area contributed by atoms with Crippen molar-refractivity contribution in [2.24, 2.45) is 0 Å². The zero-order chi connectivity index (χ0) is 19.4. The van der Waals surface area contributed by atoms with Crippen LogP contribution in [0.1, 0.15) is 39.7 Å². The van der Waals surface area contributed by atoms with Gasteiger partial charge in [-0.15, -0.1) is 0 Å². The number of nitrogens with zero attached hydrogens (tertiary/aromatic N) is 1. The Hall–Kier alpha value is -0.955. The van der Waals surface area contributed by atoms with Gasteiger partial charge in [0.25, 0.3) is 0 Å². The maximum atomic E-state index is 14.7. The molecule has 1 saturated heterocycles. The van der Waals surface area contributed by atoms with Crippen LogP contribution in [0.5, 0.6) is 0 Å². The van der Waals surface area contributed by atoms with Crippen LogP contribution in [0.2, 0.25) is 0 Å². The van der Waals surface area contributed by atoms with Crippen LogP contribution >= 0.6 is 0 Å². The van der Waals surface area contributed by atoms with Gasteiger partial charge in [0, 0.05) is 37.3 Å². The van der Waals surface area contributed by atoms with Crippen LogP contribution in [0.25, 0.3) is 0 Å². The molecule has 1 fully saturated rings. The molecule has 1 heterocycles. The molecule has 2 rings (SSSR count). The van der Waals surface area contributed by atoms with E-state index in [4.69, 9.17) is 9.31 Å².